The Balaban J connectivity index is 2.03. The van der Waals surface area contributed by atoms with E-state index < -0.39 is 0 Å². The lowest BCUT2D eigenvalue weighted by atomic mass is 10.1. The Kier molecular flexibility index (Phi) is 1.83. The molecule has 0 radical (unpaired) electrons. The lowest BCUT2D eigenvalue weighted by molar-refractivity contribution is 0.258. The topological polar surface area (TPSA) is 39.1 Å². The lowest BCUT2D eigenvalue weighted by Crippen LogP contribution is -2.41. The maximum Gasteiger partial charge on any atom is 0.0902 e. The summed E-state index contributed by atoms with van der Waals surface area (Å²) in [5, 5.41) is 10.7. The van der Waals surface area contributed by atoms with E-state index in [1.165, 1.54) is 19.4 Å². The first kappa shape index (κ1) is 8.05. The van der Waals surface area contributed by atoms with E-state index in [-0.39, 0.29) is 0 Å². The molecule has 3 heteroatoms. The summed E-state index contributed by atoms with van der Waals surface area (Å²) >= 11 is 0. The van der Waals surface area contributed by atoms with Crippen LogP contribution in [0.2, 0.25) is 0 Å². The maximum atomic E-state index is 7.40. The van der Waals surface area contributed by atoms with Crippen molar-refractivity contribution in [2.75, 3.05) is 13.6 Å². The third-order valence-electron chi connectivity index (χ3n) is 3.23. The van der Waals surface area contributed by atoms with Crippen LogP contribution in [0.1, 0.15) is 19.8 Å². The van der Waals surface area contributed by atoms with Gasteiger partial charge in [-0.2, -0.15) is 0 Å². The number of likely N-dealkylation sites (N-methyl/N-ethyl adjacent to an activating group) is 1. The van der Waals surface area contributed by atoms with Crippen LogP contribution in [0.5, 0.6) is 0 Å². The molecule has 3 atom stereocenters. The van der Waals surface area contributed by atoms with Crippen molar-refractivity contribution in [3.8, 4) is 0 Å². The number of rotatable bonds is 1. The van der Waals surface area contributed by atoms with Crippen LogP contribution in [0, 0.1) is 11.3 Å². The molecule has 0 aromatic carbocycles. The van der Waals surface area contributed by atoms with Gasteiger partial charge in [0.2, 0.25) is 0 Å². The van der Waals surface area contributed by atoms with Gasteiger partial charge in [0.25, 0.3) is 0 Å². The number of fused-ring (bicyclic) bond motifs is 2. The van der Waals surface area contributed by atoms with Gasteiger partial charge in [0.15, 0.2) is 0 Å². The van der Waals surface area contributed by atoms with Crippen molar-refractivity contribution >= 4 is 5.84 Å². The number of piperidine rings is 1. The first-order valence-electron chi connectivity index (χ1n) is 4.70. The van der Waals surface area contributed by atoms with Crippen molar-refractivity contribution in [2.24, 2.45) is 5.92 Å². The molecule has 1 aliphatic heterocycles. The molecular weight excluding hydrogens is 150 g/mol. The van der Waals surface area contributed by atoms with Gasteiger partial charge < -0.3 is 10.2 Å². The molecule has 0 unspecified atom stereocenters. The summed E-state index contributed by atoms with van der Waals surface area (Å²) < 4.78 is 0. The molecule has 0 spiro atoms. The summed E-state index contributed by atoms with van der Waals surface area (Å²) in [6, 6.07) is 1.25. The average Bonchev–Trinajstić information content (AvgIpc) is 2.44. The van der Waals surface area contributed by atoms with Crippen LogP contribution in [-0.2, 0) is 0 Å². The molecule has 1 saturated carbocycles. The van der Waals surface area contributed by atoms with Crippen LogP contribution in [-0.4, -0.2) is 36.4 Å². The highest BCUT2D eigenvalue weighted by atomic mass is 15.2. The zero-order valence-corrected chi connectivity index (χ0v) is 7.80. The predicted molar refractivity (Wildman–Crippen MR) is 49.5 cm³/mol. The zero-order valence-electron chi connectivity index (χ0n) is 7.80. The molecule has 0 aromatic rings. The minimum Gasteiger partial charge on any atom is -0.370 e. The zero-order chi connectivity index (χ0) is 8.72. The predicted octanol–water partition coefficient (Wildman–Crippen LogP) is 0.666. The number of nitrogens with one attached hydrogen (secondary N) is 2. The van der Waals surface area contributed by atoms with Crippen LogP contribution in [0.3, 0.4) is 0 Å². The van der Waals surface area contributed by atoms with E-state index in [0.29, 0.717) is 17.9 Å². The summed E-state index contributed by atoms with van der Waals surface area (Å²) in [6.45, 7) is 3.05. The van der Waals surface area contributed by atoms with Crippen molar-refractivity contribution in [3.63, 3.8) is 0 Å². The third kappa shape index (κ3) is 1.12. The van der Waals surface area contributed by atoms with Crippen LogP contribution in [0.15, 0.2) is 0 Å². The van der Waals surface area contributed by atoms with Gasteiger partial charge in [-0.25, -0.2) is 0 Å². The molecule has 2 aliphatic rings. The number of hydrogen-bond acceptors (Lipinski definition) is 2. The second kappa shape index (κ2) is 2.73. The summed E-state index contributed by atoms with van der Waals surface area (Å²) in [6.07, 6.45) is 2.66. The van der Waals surface area contributed by atoms with Crippen LogP contribution in [0.25, 0.3) is 0 Å². The minimum absolute atomic E-state index is 0.562. The van der Waals surface area contributed by atoms with Crippen molar-refractivity contribution in [1.82, 2.24) is 10.2 Å². The normalized spacial score (nSPS) is 40.3. The molecule has 1 saturated heterocycles. The highest BCUT2D eigenvalue weighted by Crippen LogP contribution is 2.36. The second-order valence-corrected chi connectivity index (χ2v) is 4.14. The largest absolute Gasteiger partial charge is 0.370 e. The highest BCUT2D eigenvalue weighted by Gasteiger charge is 2.44. The molecule has 0 amide bonds. The molecular formula is C9H17N3. The number of nitrogens with zero attached hydrogens (tertiary/aromatic N) is 1. The van der Waals surface area contributed by atoms with Crippen molar-refractivity contribution in [2.45, 2.75) is 31.8 Å². The Morgan fingerprint density at radius 2 is 2.25 bits per heavy atom. The minimum atomic E-state index is 0.562. The maximum absolute atomic E-state index is 7.40. The first-order valence-corrected chi connectivity index (χ1v) is 4.70. The molecule has 0 aromatic heterocycles. The van der Waals surface area contributed by atoms with E-state index in [1.54, 1.807) is 0 Å². The highest BCUT2D eigenvalue weighted by molar-refractivity contribution is 5.76. The molecule has 12 heavy (non-hydrogen) atoms. The monoisotopic (exact) mass is 167 g/mol. The van der Waals surface area contributed by atoms with Crippen LogP contribution in [0.4, 0.5) is 0 Å². The second-order valence-electron chi connectivity index (χ2n) is 4.14. The summed E-state index contributed by atoms with van der Waals surface area (Å²) in [5.74, 6) is 1.41. The molecule has 2 N–H and O–H groups in total. The van der Waals surface area contributed by atoms with E-state index in [1.807, 2.05) is 6.92 Å². The van der Waals surface area contributed by atoms with Crippen molar-refractivity contribution in [1.29, 1.82) is 5.41 Å². The van der Waals surface area contributed by atoms with Crippen molar-refractivity contribution in [3.05, 3.63) is 0 Å². The van der Waals surface area contributed by atoms with E-state index in [4.69, 9.17) is 5.41 Å². The molecule has 2 fully saturated rings. The quantitative estimate of drug-likeness (QED) is 0.445. The lowest BCUT2D eigenvalue weighted by Gasteiger charge is -2.22. The average molecular weight is 167 g/mol. The van der Waals surface area contributed by atoms with Gasteiger partial charge in [-0.1, -0.05) is 0 Å². The Labute approximate surface area is 73.6 Å². The first-order chi connectivity index (χ1) is 5.68. The van der Waals surface area contributed by atoms with Gasteiger partial charge in [-0.3, -0.25) is 5.41 Å². The number of hydrogen-bond donors (Lipinski definition) is 2. The molecule has 2 rings (SSSR count). The van der Waals surface area contributed by atoms with Gasteiger partial charge in [-0.15, -0.1) is 0 Å². The third-order valence-corrected chi connectivity index (χ3v) is 3.23. The number of likely N-dealkylation sites (tertiary alicyclic amines) is 1. The van der Waals surface area contributed by atoms with E-state index in [0.717, 1.165) is 5.92 Å². The van der Waals surface area contributed by atoms with Crippen molar-refractivity contribution < 1.29 is 0 Å². The van der Waals surface area contributed by atoms with E-state index in [2.05, 4.69) is 17.3 Å². The van der Waals surface area contributed by atoms with Crippen LogP contribution < -0.4 is 5.32 Å². The fourth-order valence-electron chi connectivity index (χ4n) is 2.73. The molecule has 1 aliphatic carbocycles. The fraction of sp³-hybridized carbons (Fsp3) is 0.889. The summed E-state index contributed by atoms with van der Waals surface area (Å²) in [5.41, 5.74) is 0. The van der Waals surface area contributed by atoms with Gasteiger partial charge in [0.1, 0.15) is 0 Å². The molecule has 3 nitrogen and oxygen atoms in total. The van der Waals surface area contributed by atoms with Gasteiger partial charge in [-0.05, 0) is 32.7 Å². The Morgan fingerprint density at radius 1 is 1.50 bits per heavy atom. The fourth-order valence-corrected chi connectivity index (χ4v) is 2.73. The van der Waals surface area contributed by atoms with Crippen LogP contribution >= 0.6 is 0 Å². The molecule has 1 heterocycles. The SMILES string of the molecule is CC(=N)N[C@@H]1[C@@H]2CC[C@H]1N(C)C2. The summed E-state index contributed by atoms with van der Waals surface area (Å²) in [4.78, 5) is 2.43. The molecule has 68 valence electrons. The van der Waals surface area contributed by atoms with Gasteiger partial charge >= 0.3 is 0 Å². The Bertz CT molecular complexity index is 202. The smallest absolute Gasteiger partial charge is 0.0902 e. The molecule has 2 bridgehead atoms. The van der Waals surface area contributed by atoms with Gasteiger partial charge in [0.05, 0.1) is 5.84 Å². The Morgan fingerprint density at radius 3 is 2.67 bits per heavy atom. The number of amidine groups is 1. The Hall–Kier alpha value is -0.570. The van der Waals surface area contributed by atoms with E-state index in [9.17, 15) is 0 Å². The summed E-state index contributed by atoms with van der Waals surface area (Å²) in [7, 11) is 2.19. The van der Waals surface area contributed by atoms with E-state index >= 15 is 0 Å². The van der Waals surface area contributed by atoms with Gasteiger partial charge in [0, 0.05) is 18.6 Å². The standard InChI is InChI=1S/C9H17N3/c1-6(10)11-9-7-3-4-8(9)12(2)5-7/h7-9H,3-5H2,1-2H3,(H2,10,11)/t7-,8-,9-/m1/s1.